The molecule has 6 aromatic carbocycles. The molecule has 0 radical (unpaired) electrons. The fourth-order valence-corrected chi connectivity index (χ4v) is 14.8. The van der Waals surface area contributed by atoms with E-state index in [1.54, 1.807) is 7.11 Å². The van der Waals surface area contributed by atoms with Gasteiger partial charge in [0.2, 0.25) is 0 Å². The van der Waals surface area contributed by atoms with Crippen molar-refractivity contribution in [1.82, 2.24) is 9.80 Å². The van der Waals surface area contributed by atoms with Gasteiger partial charge in [-0.1, -0.05) is 137 Å². The molecule has 2 saturated carbocycles. The molecule has 6 aromatic rings. The first-order valence-electron chi connectivity index (χ1n) is 28.6. The number of ketones is 2. The summed E-state index contributed by atoms with van der Waals surface area (Å²) in [6.07, 6.45) is 14.4. The Labute approximate surface area is 442 Å². The maximum Gasteiger partial charge on any atom is 0.162 e. The Balaban J connectivity index is 0.655. The molecule has 1 unspecified atom stereocenters. The molecule has 382 valence electrons. The van der Waals surface area contributed by atoms with Crippen LogP contribution in [0.2, 0.25) is 0 Å². The predicted molar refractivity (Wildman–Crippen MR) is 302 cm³/mol. The van der Waals surface area contributed by atoms with E-state index in [9.17, 15) is 9.59 Å². The number of carbonyl (C=O) groups is 2. The second-order valence-corrected chi connectivity index (χ2v) is 24.6. The van der Waals surface area contributed by atoms with Crippen LogP contribution in [-0.2, 0) is 41.9 Å². The maximum atomic E-state index is 13.7. The highest BCUT2D eigenvalue weighted by molar-refractivity contribution is 5.97. The summed E-state index contributed by atoms with van der Waals surface area (Å²) >= 11 is 0. The van der Waals surface area contributed by atoms with Crippen molar-refractivity contribution in [1.29, 1.82) is 0 Å². The second-order valence-electron chi connectivity index (χ2n) is 24.6. The minimum Gasteiger partial charge on any atom is -0.497 e. The third-order valence-electron chi connectivity index (χ3n) is 20.3. The van der Waals surface area contributed by atoms with Crippen LogP contribution in [0.15, 0.2) is 133 Å². The first-order chi connectivity index (χ1) is 35.9. The lowest BCUT2D eigenvalue weighted by Gasteiger charge is -2.55. The molecule has 2 heterocycles. The van der Waals surface area contributed by atoms with E-state index >= 15 is 0 Å². The normalized spacial score (nSPS) is 25.7. The van der Waals surface area contributed by atoms with Crippen molar-refractivity contribution in [2.24, 2.45) is 17.8 Å². The number of hydrogen-bond acceptors (Lipinski definition) is 5. The number of aryl methyl sites for hydroxylation is 2. The minimum atomic E-state index is 0.0501. The number of ether oxygens (including phenoxy) is 1. The zero-order valence-corrected chi connectivity index (χ0v) is 44.9. The Morgan fingerprint density at radius 3 is 1.69 bits per heavy atom. The SMILES string of the molecule is COc1cccc(-c2ccc(CCCC(=O)c3ccc4c(c3)[C@]3(C)CCN(CC5(c6ccccc6-c6ccc(CCCC(=O)c7ccc8c(c7)[C@]7(C)CCN(CC9CC9)C(C8)[C@@H]7C)cc6)CC5)[C@H](C4)[C@@H]3C)cc2)c1. The predicted octanol–water partition coefficient (Wildman–Crippen LogP) is 14.6. The number of Topliss-reactive ketones (excluding diaryl/α,β-unsaturated/α-hetero) is 2. The summed E-state index contributed by atoms with van der Waals surface area (Å²) in [5, 5.41) is 0. The molecule has 0 spiro atoms. The average Bonchev–Trinajstić information content (AvgIpc) is 4.41. The molecular weight excluding hydrogens is 905 g/mol. The van der Waals surface area contributed by atoms with E-state index in [0.29, 0.717) is 36.8 Å². The Morgan fingerprint density at radius 2 is 1.12 bits per heavy atom. The number of methoxy groups -OCH3 is 1. The molecule has 12 rings (SSSR count). The van der Waals surface area contributed by atoms with Crippen molar-refractivity contribution < 1.29 is 14.3 Å². The molecule has 0 amide bonds. The van der Waals surface area contributed by atoms with Gasteiger partial charge in [-0.05, 0) is 204 Å². The number of fused-ring (bicyclic) bond motifs is 8. The number of nitrogens with zero attached hydrogens (tertiary/aromatic N) is 2. The Bertz CT molecular complexity index is 3050. The van der Waals surface area contributed by atoms with Crippen LogP contribution in [0, 0.1) is 17.8 Å². The molecule has 5 heteroatoms. The van der Waals surface area contributed by atoms with Gasteiger partial charge in [-0.25, -0.2) is 0 Å². The monoisotopic (exact) mass is 983 g/mol. The van der Waals surface area contributed by atoms with Gasteiger partial charge >= 0.3 is 0 Å². The quantitative estimate of drug-likeness (QED) is 0.0803. The van der Waals surface area contributed by atoms with E-state index in [1.807, 2.05) is 12.1 Å². The average molecular weight is 983 g/mol. The third kappa shape index (κ3) is 9.33. The summed E-state index contributed by atoms with van der Waals surface area (Å²) in [6, 6.07) is 49.9. The first-order valence-corrected chi connectivity index (χ1v) is 28.6. The molecule has 6 atom stereocenters. The molecule has 4 bridgehead atoms. The van der Waals surface area contributed by atoms with Crippen LogP contribution < -0.4 is 4.74 Å². The highest BCUT2D eigenvalue weighted by atomic mass is 16.5. The number of carbonyl (C=O) groups excluding carboxylic acids is 2. The third-order valence-corrected chi connectivity index (χ3v) is 20.3. The summed E-state index contributed by atoms with van der Waals surface area (Å²) in [7, 11) is 1.70. The van der Waals surface area contributed by atoms with E-state index in [4.69, 9.17) is 4.74 Å². The van der Waals surface area contributed by atoms with Gasteiger partial charge in [0, 0.05) is 54.6 Å². The topological polar surface area (TPSA) is 49.9 Å². The Morgan fingerprint density at radius 1 is 0.568 bits per heavy atom. The molecular formula is C69H78N2O3. The number of likely N-dealkylation sites (tertiary alicyclic amines) is 2. The molecule has 0 aromatic heterocycles. The van der Waals surface area contributed by atoms with Gasteiger partial charge in [-0.2, -0.15) is 0 Å². The lowest BCUT2D eigenvalue weighted by molar-refractivity contribution is 0.0251. The second kappa shape index (κ2) is 19.8. The van der Waals surface area contributed by atoms with Gasteiger partial charge in [-0.3, -0.25) is 19.4 Å². The molecule has 5 nitrogen and oxygen atoms in total. The zero-order chi connectivity index (χ0) is 50.8. The van der Waals surface area contributed by atoms with Crippen molar-refractivity contribution in [3.05, 3.63) is 184 Å². The Hall–Kier alpha value is -5.62. The molecule has 2 aliphatic heterocycles. The summed E-state index contributed by atoms with van der Waals surface area (Å²) in [6.45, 7) is 14.6. The van der Waals surface area contributed by atoms with E-state index in [1.165, 1.54) is 101 Å². The smallest absolute Gasteiger partial charge is 0.162 e. The number of piperidine rings is 2. The van der Waals surface area contributed by atoms with Gasteiger partial charge in [0.15, 0.2) is 11.6 Å². The number of benzene rings is 6. The number of rotatable bonds is 18. The first kappa shape index (κ1) is 49.3. The molecule has 4 aliphatic carbocycles. The summed E-state index contributed by atoms with van der Waals surface area (Å²) in [4.78, 5) is 33.1. The van der Waals surface area contributed by atoms with Crippen LogP contribution in [0.4, 0.5) is 0 Å². The highest BCUT2D eigenvalue weighted by Gasteiger charge is 2.53. The lowest BCUT2D eigenvalue weighted by atomic mass is 9.58. The molecule has 0 N–H and O–H groups in total. The fraction of sp³-hybridized carbons (Fsp3) is 0.449. The van der Waals surface area contributed by atoms with Crippen molar-refractivity contribution in [3.63, 3.8) is 0 Å². The van der Waals surface area contributed by atoms with Crippen molar-refractivity contribution in [2.75, 3.05) is 33.3 Å². The molecule has 4 fully saturated rings. The van der Waals surface area contributed by atoms with Crippen LogP contribution in [0.5, 0.6) is 5.75 Å². The van der Waals surface area contributed by atoms with Gasteiger partial charge in [-0.15, -0.1) is 0 Å². The van der Waals surface area contributed by atoms with E-state index in [-0.39, 0.29) is 27.8 Å². The van der Waals surface area contributed by atoms with Crippen molar-refractivity contribution in [3.8, 4) is 28.0 Å². The summed E-state index contributed by atoms with van der Waals surface area (Å²) < 4.78 is 5.42. The van der Waals surface area contributed by atoms with Crippen LogP contribution in [0.1, 0.15) is 152 Å². The van der Waals surface area contributed by atoms with Gasteiger partial charge in [0.25, 0.3) is 0 Å². The zero-order valence-electron chi connectivity index (χ0n) is 44.9. The van der Waals surface area contributed by atoms with Crippen LogP contribution >= 0.6 is 0 Å². The fourth-order valence-electron chi connectivity index (χ4n) is 14.8. The van der Waals surface area contributed by atoms with E-state index in [2.05, 4.69) is 159 Å². The van der Waals surface area contributed by atoms with Crippen LogP contribution in [0.3, 0.4) is 0 Å². The summed E-state index contributed by atoms with van der Waals surface area (Å²) in [5.41, 5.74) is 17.0. The molecule has 6 aliphatic rings. The van der Waals surface area contributed by atoms with Gasteiger partial charge in [0.05, 0.1) is 7.11 Å². The van der Waals surface area contributed by atoms with Crippen LogP contribution in [-0.4, -0.2) is 66.7 Å². The summed E-state index contributed by atoms with van der Waals surface area (Å²) in [5.74, 6) is 3.44. The largest absolute Gasteiger partial charge is 0.497 e. The molecule has 74 heavy (non-hydrogen) atoms. The van der Waals surface area contributed by atoms with Crippen molar-refractivity contribution in [2.45, 2.75) is 146 Å². The van der Waals surface area contributed by atoms with E-state index < -0.39 is 0 Å². The van der Waals surface area contributed by atoms with Crippen LogP contribution in [0.25, 0.3) is 22.3 Å². The van der Waals surface area contributed by atoms with Gasteiger partial charge in [0.1, 0.15) is 5.75 Å². The standard InChI is InChI=1S/C69H78N2O3/c1-46-63-42-54-29-31-56(40-61(54)67(46,3)35-37-70(63)44-50-19-20-50)66(73)18-9-12-49-23-27-52(28-24-49)59-15-6-7-16-60(59)69(33-34-69)45-71-38-36-68(4)47(2)64(71)43-55-30-32-57(41-62(55)68)65(72)17-8-11-48-21-25-51(26-22-48)53-13-10-14-58(39-53)74-5/h6-7,10,13-16,21-32,39-41,46-47,50,63-64H,8-9,11-12,17-20,33-38,42-45H2,1-5H3/t46-,47-,63?,64+,67+,68+/m0/s1. The van der Waals surface area contributed by atoms with Crippen molar-refractivity contribution >= 4 is 11.6 Å². The lowest BCUT2D eigenvalue weighted by Crippen LogP contribution is -2.59. The Kier molecular flexibility index (Phi) is 13.2. The van der Waals surface area contributed by atoms with E-state index in [0.717, 1.165) is 86.4 Å². The highest BCUT2D eigenvalue weighted by Crippen LogP contribution is 2.55. The maximum absolute atomic E-state index is 13.7. The minimum absolute atomic E-state index is 0.0501. The molecule has 2 saturated heterocycles. The van der Waals surface area contributed by atoms with Gasteiger partial charge < -0.3 is 4.74 Å². The number of hydrogen-bond donors (Lipinski definition) is 0.